The molecule has 0 aromatic heterocycles. The molecule has 0 aliphatic rings. The van der Waals surface area contributed by atoms with E-state index in [9.17, 15) is 0 Å². The third-order valence-electron chi connectivity index (χ3n) is 1.52. The highest BCUT2D eigenvalue weighted by molar-refractivity contribution is 6.70. The van der Waals surface area contributed by atoms with E-state index in [-0.39, 0.29) is 6.10 Å². The first-order chi connectivity index (χ1) is 7.14. The van der Waals surface area contributed by atoms with E-state index in [1.807, 2.05) is 0 Å². The number of hydrogen-bond acceptors (Lipinski definition) is 4. The summed E-state index contributed by atoms with van der Waals surface area (Å²) < 4.78 is 11.8. The van der Waals surface area contributed by atoms with Crippen LogP contribution in [-0.2, 0) is 13.7 Å². The van der Waals surface area contributed by atoms with Crippen molar-refractivity contribution in [3.8, 4) is 0 Å². The summed E-state index contributed by atoms with van der Waals surface area (Å²) in [6.07, 6.45) is 1.58. The molecule has 16 heavy (non-hydrogen) atoms. The van der Waals surface area contributed by atoms with E-state index in [2.05, 4.69) is 49.3 Å². The highest BCUT2D eigenvalue weighted by Crippen LogP contribution is 2.10. The van der Waals surface area contributed by atoms with Crippen LogP contribution in [0.2, 0.25) is 39.3 Å². The maximum atomic E-state index is 5.94. The summed E-state index contributed by atoms with van der Waals surface area (Å²) in [7, 11) is -1.55. The molecule has 0 fully saturated rings. The fourth-order valence-electron chi connectivity index (χ4n) is 1.02. The Kier molecular flexibility index (Phi) is 6.46. The third-order valence-corrected chi connectivity index (χ3v) is 3.56. The molecule has 1 atom stereocenters. The van der Waals surface area contributed by atoms with E-state index in [1.54, 1.807) is 6.21 Å². The molecule has 0 unspecified atom stereocenters. The fourth-order valence-corrected chi connectivity index (χ4v) is 2.72. The molecular formula is C10H25NO3Si2. The quantitative estimate of drug-likeness (QED) is 0.403. The van der Waals surface area contributed by atoms with Gasteiger partial charge in [-0.05, 0) is 39.3 Å². The van der Waals surface area contributed by atoms with Gasteiger partial charge in [-0.3, -0.25) is 0 Å². The predicted molar refractivity (Wildman–Crippen MR) is 73.0 cm³/mol. The van der Waals surface area contributed by atoms with Gasteiger partial charge in [0.25, 0.3) is 0 Å². The zero-order valence-electron chi connectivity index (χ0n) is 11.5. The Balaban J connectivity index is 4.27. The molecule has 0 spiro atoms. The van der Waals surface area contributed by atoms with Gasteiger partial charge in [0.1, 0.15) is 13.2 Å². The molecule has 0 aliphatic carbocycles. The van der Waals surface area contributed by atoms with Crippen molar-refractivity contribution in [2.45, 2.75) is 45.4 Å². The molecule has 96 valence electrons. The molecule has 0 amide bonds. The Morgan fingerprint density at radius 2 is 1.62 bits per heavy atom. The number of hydrogen-bond donors (Lipinski definition) is 0. The molecule has 0 N–H and O–H groups in total. The van der Waals surface area contributed by atoms with E-state index in [0.717, 1.165) is 0 Å². The van der Waals surface area contributed by atoms with Crippen molar-refractivity contribution in [3.63, 3.8) is 0 Å². The zero-order valence-corrected chi connectivity index (χ0v) is 13.5. The SMILES string of the molecule is CON=C[C@@H](CO[Si](C)(C)C)O[Si](C)(C)C. The van der Waals surface area contributed by atoms with Crippen LogP contribution in [0.4, 0.5) is 0 Å². The summed E-state index contributed by atoms with van der Waals surface area (Å²) >= 11 is 0. The Hall–Kier alpha value is -0.176. The van der Waals surface area contributed by atoms with Crippen molar-refractivity contribution >= 4 is 22.8 Å². The van der Waals surface area contributed by atoms with E-state index < -0.39 is 16.6 Å². The van der Waals surface area contributed by atoms with Gasteiger partial charge in [-0.1, -0.05) is 5.16 Å². The van der Waals surface area contributed by atoms with Crippen LogP contribution >= 0.6 is 0 Å². The molecule has 0 aromatic rings. The number of rotatable bonds is 7. The number of nitrogens with zero attached hydrogens (tertiary/aromatic N) is 1. The standard InChI is InChI=1S/C10H25NO3Si2/c1-12-11-8-10(14-16(5,6)7)9-13-15(2,3)4/h8,10H,9H2,1-7H3/t10-/m0/s1. The van der Waals surface area contributed by atoms with Gasteiger partial charge in [0.2, 0.25) is 0 Å². The lowest BCUT2D eigenvalue weighted by Crippen LogP contribution is -2.38. The van der Waals surface area contributed by atoms with Gasteiger partial charge in [-0.2, -0.15) is 0 Å². The van der Waals surface area contributed by atoms with Crippen LogP contribution in [0.15, 0.2) is 5.16 Å². The topological polar surface area (TPSA) is 40.0 Å². The largest absolute Gasteiger partial charge is 0.415 e. The molecule has 0 heterocycles. The Labute approximate surface area is 101 Å². The Morgan fingerprint density at radius 3 is 2.00 bits per heavy atom. The lowest BCUT2D eigenvalue weighted by Gasteiger charge is -2.26. The fraction of sp³-hybridized carbons (Fsp3) is 0.900. The Morgan fingerprint density at radius 1 is 1.06 bits per heavy atom. The van der Waals surface area contributed by atoms with Crippen LogP contribution in [0.25, 0.3) is 0 Å². The van der Waals surface area contributed by atoms with E-state index in [0.29, 0.717) is 6.61 Å². The minimum Gasteiger partial charge on any atom is -0.415 e. The van der Waals surface area contributed by atoms with Gasteiger partial charge in [0.05, 0.1) is 12.8 Å². The van der Waals surface area contributed by atoms with Crippen LogP contribution < -0.4 is 0 Å². The maximum Gasteiger partial charge on any atom is 0.184 e. The van der Waals surface area contributed by atoms with Crippen molar-refractivity contribution in [3.05, 3.63) is 0 Å². The summed E-state index contributed by atoms with van der Waals surface area (Å²) in [5, 5.41) is 3.76. The minimum atomic E-state index is -1.58. The molecule has 0 saturated carbocycles. The molecule has 4 nitrogen and oxygen atoms in total. The zero-order chi connectivity index (χ0) is 12.8. The summed E-state index contributed by atoms with van der Waals surface area (Å²) in [6.45, 7) is 13.5. The van der Waals surface area contributed by atoms with Gasteiger partial charge in [0, 0.05) is 0 Å². The maximum absolute atomic E-state index is 5.94. The molecule has 0 rings (SSSR count). The molecule has 6 heteroatoms. The lowest BCUT2D eigenvalue weighted by molar-refractivity contribution is 0.161. The highest BCUT2D eigenvalue weighted by atomic mass is 28.4. The van der Waals surface area contributed by atoms with Crippen molar-refractivity contribution < 1.29 is 13.7 Å². The van der Waals surface area contributed by atoms with Gasteiger partial charge in [0.15, 0.2) is 16.6 Å². The normalized spacial score (nSPS) is 15.4. The van der Waals surface area contributed by atoms with Crippen molar-refractivity contribution in [1.29, 1.82) is 0 Å². The van der Waals surface area contributed by atoms with Crippen LogP contribution in [0.5, 0.6) is 0 Å². The molecule has 0 aromatic carbocycles. The van der Waals surface area contributed by atoms with E-state index in [1.165, 1.54) is 7.11 Å². The summed E-state index contributed by atoms with van der Waals surface area (Å²) in [5.74, 6) is 0. The lowest BCUT2D eigenvalue weighted by atomic mass is 10.4. The summed E-state index contributed by atoms with van der Waals surface area (Å²) in [4.78, 5) is 4.68. The van der Waals surface area contributed by atoms with Crippen molar-refractivity contribution in [2.24, 2.45) is 5.16 Å². The number of oxime groups is 1. The van der Waals surface area contributed by atoms with E-state index >= 15 is 0 Å². The Bertz CT molecular complexity index is 221. The second-order valence-electron chi connectivity index (χ2n) is 5.63. The molecule has 0 bridgehead atoms. The first-order valence-corrected chi connectivity index (χ1v) is 12.3. The smallest absolute Gasteiger partial charge is 0.184 e. The van der Waals surface area contributed by atoms with Crippen LogP contribution in [0.3, 0.4) is 0 Å². The summed E-state index contributed by atoms with van der Waals surface area (Å²) in [6, 6.07) is 0. The first kappa shape index (κ1) is 15.8. The second-order valence-corrected chi connectivity index (χ2v) is 14.6. The molecule has 0 saturated heterocycles. The van der Waals surface area contributed by atoms with Crippen LogP contribution in [0.1, 0.15) is 0 Å². The minimum absolute atomic E-state index is 0.0988. The first-order valence-electron chi connectivity index (χ1n) is 5.52. The van der Waals surface area contributed by atoms with Gasteiger partial charge >= 0.3 is 0 Å². The average Bonchev–Trinajstić information content (AvgIpc) is 2.06. The highest BCUT2D eigenvalue weighted by Gasteiger charge is 2.23. The van der Waals surface area contributed by atoms with E-state index in [4.69, 9.17) is 8.85 Å². The van der Waals surface area contributed by atoms with Gasteiger partial charge in [-0.15, -0.1) is 0 Å². The molecule has 0 aliphatic heterocycles. The van der Waals surface area contributed by atoms with Crippen LogP contribution in [0, 0.1) is 0 Å². The monoisotopic (exact) mass is 263 g/mol. The summed E-state index contributed by atoms with van der Waals surface area (Å²) in [5.41, 5.74) is 0. The van der Waals surface area contributed by atoms with Gasteiger partial charge in [-0.25, -0.2) is 0 Å². The third kappa shape index (κ3) is 10.3. The molecule has 0 radical (unpaired) electrons. The van der Waals surface area contributed by atoms with Crippen LogP contribution in [-0.4, -0.2) is 42.7 Å². The average molecular weight is 263 g/mol. The van der Waals surface area contributed by atoms with Crippen molar-refractivity contribution in [2.75, 3.05) is 13.7 Å². The van der Waals surface area contributed by atoms with Gasteiger partial charge < -0.3 is 13.7 Å². The predicted octanol–water partition coefficient (Wildman–Crippen LogP) is 2.69. The van der Waals surface area contributed by atoms with Crippen molar-refractivity contribution in [1.82, 2.24) is 0 Å². The molecular weight excluding hydrogens is 238 g/mol. The second kappa shape index (κ2) is 6.53.